The van der Waals surface area contributed by atoms with Crippen molar-refractivity contribution in [1.82, 2.24) is 5.32 Å². The smallest absolute Gasteiger partial charge is 0.223 e. The number of amides is 1. The number of hydrogen-bond donors (Lipinski definition) is 1. The predicted molar refractivity (Wildman–Crippen MR) is 144 cm³/mol. The van der Waals surface area contributed by atoms with E-state index in [-0.39, 0.29) is 17.9 Å². The SMILES string of the molecule is CC(CCc1ccccc1)NC(=O)C1CCC(C2=CCC=C(Cl)C=C2)=C(c2ccc(Cl)cc2)C1. The summed E-state index contributed by atoms with van der Waals surface area (Å²) in [5.41, 5.74) is 6.17. The van der Waals surface area contributed by atoms with Crippen LogP contribution in [0.3, 0.4) is 0 Å². The van der Waals surface area contributed by atoms with Crippen molar-refractivity contribution in [3.05, 3.63) is 111 Å². The van der Waals surface area contributed by atoms with E-state index in [2.05, 4.69) is 60.8 Å². The van der Waals surface area contributed by atoms with Gasteiger partial charge in [0.1, 0.15) is 0 Å². The summed E-state index contributed by atoms with van der Waals surface area (Å²) in [6.07, 6.45) is 13.4. The predicted octanol–water partition coefficient (Wildman–Crippen LogP) is 8.04. The third kappa shape index (κ3) is 6.52. The fourth-order valence-corrected chi connectivity index (χ4v) is 4.99. The summed E-state index contributed by atoms with van der Waals surface area (Å²) in [5, 5.41) is 4.75. The molecule has 0 saturated carbocycles. The molecule has 2 aliphatic carbocycles. The van der Waals surface area contributed by atoms with Crippen LogP contribution in [0.25, 0.3) is 5.57 Å². The zero-order valence-electron chi connectivity index (χ0n) is 19.6. The van der Waals surface area contributed by atoms with Crippen molar-refractivity contribution in [2.24, 2.45) is 5.92 Å². The van der Waals surface area contributed by atoms with Crippen molar-refractivity contribution >= 4 is 34.7 Å². The zero-order valence-corrected chi connectivity index (χ0v) is 21.1. The fourth-order valence-electron chi connectivity index (χ4n) is 4.72. The third-order valence-electron chi connectivity index (χ3n) is 6.64. The summed E-state index contributed by atoms with van der Waals surface area (Å²) in [6, 6.07) is 18.5. The maximum absolute atomic E-state index is 13.2. The van der Waals surface area contributed by atoms with Crippen LogP contribution in [-0.2, 0) is 11.2 Å². The van der Waals surface area contributed by atoms with Gasteiger partial charge in [-0.3, -0.25) is 4.79 Å². The molecular weight excluding hydrogens is 461 g/mol. The second-order valence-corrected chi connectivity index (χ2v) is 10.0. The van der Waals surface area contributed by atoms with E-state index in [0.29, 0.717) is 5.02 Å². The summed E-state index contributed by atoms with van der Waals surface area (Å²) >= 11 is 12.4. The molecule has 34 heavy (non-hydrogen) atoms. The Morgan fingerprint density at radius 1 is 1.00 bits per heavy atom. The van der Waals surface area contributed by atoms with Crippen LogP contribution in [0.2, 0.25) is 5.02 Å². The Bertz CT molecular complexity index is 1130. The Labute approximate surface area is 213 Å². The third-order valence-corrected chi connectivity index (χ3v) is 7.17. The number of nitrogens with one attached hydrogen (secondary N) is 1. The van der Waals surface area contributed by atoms with E-state index in [9.17, 15) is 4.79 Å². The largest absolute Gasteiger partial charge is 0.353 e. The van der Waals surface area contributed by atoms with Gasteiger partial charge in [-0.2, -0.15) is 0 Å². The van der Waals surface area contributed by atoms with Crippen LogP contribution < -0.4 is 5.32 Å². The van der Waals surface area contributed by atoms with Crippen LogP contribution in [0.15, 0.2) is 95.1 Å². The number of allylic oxidation sites excluding steroid dienone is 8. The van der Waals surface area contributed by atoms with E-state index in [0.717, 1.165) is 49.1 Å². The van der Waals surface area contributed by atoms with Gasteiger partial charge in [0.2, 0.25) is 5.91 Å². The molecule has 2 aliphatic rings. The highest BCUT2D eigenvalue weighted by Gasteiger charge is 2.28. The highest BCUT2D eigenvalue weighted by atomic mass is 35.5. The minimum atomic E-state index is -0.0364. The minimum Gasteiger partial charge on any atom is -0.353 e. The van der Waals surface area contributed by atoms with Crippen molar-refractivity contribution in [3.63, 3.8) is 0 Å². The van der Waals surface area contributed by atoms with Crippen molar-refractivity contribution in [2.45, 2.75) is 51.5 Å². The first kappa shape index (κ1) is 24.6. The van der Waals surface area contributed by atoms with E-state index in [1.165, 1.54) is 22.3 Å². The first-order valence-electron chi connectivity index (χ1n) is 12.1. The Kier molecular flexibility index (Phi) is 8.48. The molecule has 0 saturated heterocycles. The standard InChI is InChI=1S/C30H31Cl2NO/c1-21(10-11-22-6-3-2-4-7-22)33-30(34)25-15-19-28(23-8-5-9-26(31)16-12-23)29(20-25)24-13-17-27(32)18-14-24/h2-4,6-9,12-14,16-18,21,25H,5,10-11,15,19-20H2,1H3,(H,33,34). The Balaban J connectivity index is 1.49. The van der Waals surface area contributed by atoms with Gasteiger partial charge in [-0.25, -0.2) is 0 Å². The van der Waals surface area contributed by atoms with E-state index in [1.807, 2.05) is 30.4 Å². The van der Waals surface area contributed by atoms with Crippen molar-refractivity contribution in [2.75, 3.05) is 0 Å². The molecule has 0 heterocycles. The van der Waals surface area contributed by atoms with Gasteiger partial charge < -0.3 is 5.32 Å². The molecular formula is C30H31Cl2NO. The summed E-state index contributed by atoms with van der Waals surface area (Å²) in [7, 11) is 0. The number of carbonyl (C=O) groups excluding carboxylic acids is 1. The summed E-state index contributed by atoms with van der Waals surface area (Å²) in [6.45, 7) is 2.10. The van der Waals surface area contributed by atoms with E-state index in [4.69, 9.17) is 23.2 Å². The molecule has 4 rings (SSSR count). The van der Waals surface area contributed by atoms with Gasteiger partial charge >= 0.3 is 0 Å². The molecule has 2 atom stereocenters. The number of benzene rings is 2. The number of rotatable bonds is 7. The lowest BCUT2D eigenvalue weighted by Gasteiger charge is -2.29. The molecule has 0 aliphatic heterocycles. The minimum absolute atomic E-state index is 0.0364. The molecule has 2 unspecified atom stereocenters. The molecule has 0 aromatic heterocycles. The first-order chi connectivity index (χ1) is 16.5. The van der Waals surface area contributed by atoms with Gasteiger partial charge in [0, 0.05) is 22.0 Å². The topological polar surface area (TPSA) is 29.1 Å². The molecule has 0 spiro atoms. The lowest BCUT2D eigenvalue weighted by molar-refractivity contribution is -0.125. The van der Waals surface area contributed by atoms with Crippen LogP contribution >= 0.6 is 23.2 Å². The van der Waals surface area contributed by atoms with Gasteiger partial charge in [-0.05, 0) is 91.5 Å². The lowest BCUT2D eigenvalue weighted by atomic mass is 9.77. The molecule has 2 aromatic carbocycles. The number of aryl methyl sites for hydroxylation is 1. The van der Waals surface area contributed by atoms with Crippen molar-refractivity contribution in [3.8, 4) is 0 Å². The van der Waals surface area contributed by atoms with Crippen molar-refractivity contribution < 1.29 is 4.79 Å². The fraction of sp³-hybridized carbons (Fsp3) is 0.300. The summed E-state index contributed by atoms with van der Waals surface area (Å²) in [5.74, 6) is 0.117. The molecule has 176 valence electrons. The lowest BCUT2D eigenvalue weighted by Crippen LogP contribution is -2.38. The number of carbonyl (C=O) groups is 1. The molecule has 4 heteroatoms. The van der Waals surface area contributed by atoms with Crippen LogP contribution in [-0.4, -0.2) is 11.9 Å². The second kappa shape index (κ2) is 11.7. The maximum Gasteiger partial charge on any atom is 0.223 e. The van der Waals surface area contributed by atoms with Crippen molar-refractivity contribution in [1.29, 1.82) is 0 Å². The molecule has 1 N–H and O–H groups in total. The Morgan fingerprint density at radius 3 is 2.53 bits per heavy atom. The van der Waals surface area contributed by atoms with Gasteiger partial charge in [0.15, 0.2) is 0 Å². The van der Waals surface area contributed by atoms with E-state index >= 15 is 0 Å². The van der Waals surface area contributed by atoms with Crippen LogP contribution in [0.5, 0.6) is 0 Å². The first-order valence-corrected chi connectivity index (χ1v) is 12.8. The van der Waals surface area contributed by atoms with Gasteiger partial charge in [-0.15, -0.1) is 0 Å². The summed E-state index contributed by atoms with van der Waals surface area (Å²) < 4.78 is 0. The average molecular weight is 492 g/mol. The highest BCUT2D eigenvalue weighted by Crippen LogP contribution is 2.40. The van der Waals surface area contributed by atoms with Crippen LogP contribution in [0.4, 0.5) is 0 Å². The summed E-state index contributed by atoms with van der Waals surface area (Å²) in [4.78, 5) is 13.2. The maximum atomic E-state index is 13.2. The molecule has 2 nitrogen and oxygen atoms in total. The molecule has 2 aromatic rings. The highest BCUT2D eigenvalue weighted by molar-refractivity contribution is 6.31. The van der Waals surface area contributed by atoms with E-state index < -0.39 is 0 Å². The molecule has 0 radical (unpaired) electrons. The monoisotopic (exact) mass is 491 g/mol. The normalized spacial score (nSPS) is 19.2. The average Bonchev–Trinajstić information content (AvgIpc) is 3.08. The van der Waals surface area contributed by atoms with Crippen LogP contribution in [0, 0.1) is 5.92 Å². The molecule has 0 fully saturated rings. The van der Waals surface area contributed by atoms with Gasteiger partial charge in [0.25, 0.3) is 0 Å². The molecule has 0 bridgehead atoms. The molecule has 1 amide bonds. The number of hydrogen-bond acceptors (Lipinski definition) is 1. The van der Waals surface area contributed by atoms with E-state index in [1.54, 1.807) is 0 Å². The quantitative estimate of drug-likeness (QED) is 0.416. The second-order valence-electron chi connectivity index (χ2n) is 9.16. The van der Waals surface area contributed by atoms with Crippen LogP contribution in [0.1, 0.15) is 50.2 Å². The number of halogens is 2. The van der Waals surface area contributed by atoms with Gasteiger partial charge in [-0.1, -0.05) is 83.9 Å². The van der Waals surface area contributed by atoms with Gasteiger partial charge in [0.05, 0.1) is 0 Å². The Morgan fingerprint density at radius 2 is 1.76 bits per heavy atom. The Hall–Kier alpha value is -2.55. The zero-order chi connectivity index (χ0) is 23.9.